The summed E-state index contributed by atoms with van der Waals surface area (Å²) in [6.45, 7) is 4.49. The Hall–Kier alpha value is -6.26. The van der Waals surface area contributed by atoms with E-state index in [1.54, 1.807) is 0 Å². The molecule has 0 fully saturated rings. The van der Waals surface area contributed by atoms with Gasteiger partial charge in [0.1, 0.15) is 0 Å². The monoisotopic (exact) mass is 628 g/mol. The van der Waals surface area contributed by atoms with E-state index in [1.807, 2.05) is 0 Å². The first-order valence-corrected chi connectivity index (χ1v) is 16.8. The van der Waals surface area contributed by atoms with E-state index in [-0.39, 0.29) is 5.41 Å². The van der Waals surface area contributed by atoms with Crippen molar-refractivity contribution in [2.75, 3.05) is 0 Å². The van der Waals surface area contributed by atoms with Gasteiger partial charge in [-0.15, -0.1) is 0 Å². The fraction of sp³-hybridized carbons (Fsp3) is 0.0667. The van der Waals surface area contributed by atoms with Crippen molar-refractivity contribution in [3.63, 3.8) is 0 Å². The van der Waals surface area contributed by atoms with Crippen LogP contribution >= 0.6 is 0 Å². The third-order valence-electron chi connectivity index (χ3n) is 10.2. The maximum absolute atomic E-state index is 5.49. The number of rotatable bonds is 4. The predicted molar refractivity (Wildman–Crippen MR) is 204 cm³/mol. The molecular weight excluding hydrogens is 597 g/mol. The molecule has 1 aliphatic carbocycles. The molecule has 10 rings (SSSR count). The van der Waals surface area contributed by atoms with Crippen molar-refractivity contribution in [2.45, 2.75) is 19.3 Å². The average Bonchev–Trinajstić information content (AvgIpc) is 3.83. The Morgan fingerprint density at radius 3 is 2.22 bits per heavy atom. The Kier molecular flexibility index (Phi) is 5.89. The fourth-order valence-electron chi connectivity index (χ4n) is 7.81. The number of nitrogens with zero attached hydrogens (tertiary/aromatic N) is 4. The largest absolute Gasteiger partial charge is 0.316 e. The molecule has 4 nitrogen and oxygen atoms in total. The summed E-state index contributed by atoms with van der Waals surface area (Å²) in [4.78, 5) is 10.9. The van der Waals surface area contributed by atoms with E-state index in [0.29, 0.717) is 5.95 Å². The molecule has 0 N–H and O–H groups in total. The first kappa shape index (κ1) is 27.8. The summed E-state index contributed by atoms with van der Waals surface area (Å²) < 4.78 is 4.55. The minimum atomic E-state index is -0.236. The summed E-state index contributed by atoms with van der Waals surface area (Å²) in [6.07, 6.45) is 6.64. The van der Waals surface area contributed by atoms with Gasteiger partial charge in [-0.3, -0.25) is 4.57 Å². The number of hydrogen-bond acceptors (Lipinski definition) is 2. The quantitative estimate of drug-likeness (QED) is 0.194. The van der Waals surface area contributed by atoms with Crippen molar-refractivity contribution >= 4 is 49.6 Å². The summed E-state index contributed by atoms with van der Waals surface area (Å²) >= 11 is 0. The van der Waals surface area contributed by atoms with E-state index in [4.69, 9.17) is 9.97 Å². The second-order valence-electron chi connectivity index (χ2n) is 13.6. The van der Waals surface area contributed by atoms with Gasteiger partial charge in [0.25, 0.3) is 0 Å². The highest BCUT2D eigenvalue weighted by molar-refractivity contribution is 6.18. The molecule has 0 atom stereocenters. The van der Waals surface area contributed by atoms with Crippen LogP contribution in [-0.4, -0.2) is 19.1 Å². The standard InChI is InChI=1S/C45H32N4/c1-45(2)26-24-38-41(31-15-10-14-30(28-31)34-20-11-13-29-12-6-7-18-33(29)34)46-44(47-43(38)45)49-40-21-9-8-19-35(40)36-22-23-39-37(42(36)49)25-27-48(39)32-16-4-3-5-17-32/h3-28H,1-2H3. The van der Waals surface area contributed by atoms with Gasteiger partial charge in [0.05, 0.1) is 27.9 Å². The van der Waals surface area contributed by atoms with E-state index in [1.165, 1.54) is 38.1 Å². The van der Waals surface area contributed by atoms with Crippen LogP contribution in [0.3, 0.4) is 0 Å². The lowest BCUT2D eigenvalue weighted by molar-refractivity contribution is 0.651. The van der Waals surface area contributed by atoms with Gasteiger partial charge in [-0.25, -0.2) is 9.97 Å². The van der Waals surface area contributed by atoms with Crippen LogP contribution < -0.4 is 0 Å². The van der Waals surface area contributed by atoms with E-state index < -0.39 is 0 Å². The lowest BCUT2D eigenvalue weighted by Crippen LogP contribution is -2.16. The highest BCUT2D eigenvalue weighted by Gasteiger charge is 2.31. The van der Waals surface area contributed by atoms with Gasteiger partial charge in [-0.1, -0.05) is 129 Å². The van der Waals surface area contributed by atoms with Gasteiger partial charge in [0.15, 0.2) is 0 Å². The van der Waals surface area contributed by atoms with Crippen LogP contribution in [0.5, 0.6) is 0 Å². The molecule has 0 saturated heterocycles. The third-order valence-corrected chi connectivity index (χ3v) is 10.2. The van der Waals surface area contributed by atoms with Gasteiger partial charge in [0, 0.05) is 44.6 Å². The first-order valence-electron chi connectivity index (χ1n) is 16.8. The highest BCUT2D eigenvalue weighted by atomic mass is 15.2. The van der Waals surface area contributed by atoms with Crippen LogP contribution in [0.15, 0.2) is 152 Å². The van der Waals surface area contributed by atoms with Crippen LogP contribution in [0, 0.1) is 0 Å². The third kappa shape index (κ3) is 4.17. The molecule has 0 saturated carbocycles. The van der Waals surface area contributed by atoms with Crippen LogP contribution in [0.1, 0.15) is 25.1 Å². The number of allylic oxidation sites excluding steroid dienone is 1. The first-order chi connectivity index (χ1) is 24.0. The predicted octanol–water partition coefficient (Wildman–Crippen LogP) is 11.3. The van der Waals surface area contributed by atoms with Crippen LogP contribution in [-0.2, 0) is 5.41 Å². The average molecular weight is 629 g/mol. The Morgan fingerprint density at radius 1 is 0.571 bits per heavy atom. The smallest absolute Gasteiger partial charge is 0.235 e. The minimum Gasteiger partial charge on any atom is -0.316 e. The maximum Gasteiger partial charge on any atom is 0.235 e. The number of para-hydroxylation sites is 2. The molecule has 3 heterocycles. The lowest BCUT2D eigenvalue weighted by Gasteiger charge is -2.20. The topological polar surface area (TPSA) is 35.6 Å². The van der Waals surface area contributed by atoms with Gasteiger partial charge in [-0.2, -0.15) is 0 Å². The van der Waals surface area contributed by atoms with Crippen molar-refractivity contribution in [3.05, 3.63) is 163 Å². The molecular formula is C45H32N4. The maximum atomic E-state index is 5.49. The molecule has 3 aromatic heterocycles. The van der Waals surface area contributed by atoms with Crippen molar-refractivity contribution in [3.8, 4) is 34.0 Å². The van der Waals surface area contributed by atoms with Crippen LogP contribution in [0.2, 0.25) is 0 Å². The second kappa shape index (κ2) is 10.4. The molecule has 0 unspecified atom stereocenters. The van der Waals surface area contributed by atoms with Crippen molar-refractivity contribution in [2.24, 2.45) is 0 Å². The van der Waals surface area contributed by atoms with Crippen molar-refractivity contribution in [1.29, 1.82) is 0 Å². The summed E-state index contributed by atoms with van der Waals surface area (Å²) in [6, 6.07) is 49.8. The minimum absolute atomic E-state index is 0.236. The van der Waals surface area contributed by atoms with E-state index >= 15 is 0 Å². The fourth-order valence-corrected chi connectivity index (χ4v) is 7.81. The van der Waals surface area contributed by atoms with E-state index in [0.717, 1.165) is 44.8 Å². The Labute approximate surface area is 284 Å². The summed E-state index contributed by atoms with van der Waals surface area (Å²) in [5.41, 5.74) is 10.8. The van der Waals surface area contributed by atoms with Crippen LogP contribution in [0.4, 0.5) is 0 Å². The number of fused-ring (bicyclic) bond motifs is 7. The Morgan fingerprint density at radius 2 is 1.33 bits per heavy atom. The molecule has 4 heteroatoms. The molecule has 1 aliphatic rings. The Balaban J connectivity index is 1.25. The molecule has 9 aromatic rings. The zero-order valence-electron chi connectivity index (χ0n) is 27.3. The number of aromatic nitrogens is 4. The van der Waals surface area contributed by atoms with E-state index in [9.17, 15) is 0 Å². The normalized spacial score (nSPS) is 13.6. The van der Waals surface area contributed by atoms with Gasteiger partial charge >= 0.3 is 0 Å². The summed E-state index contributed by atoms with van der Waals surface area (Å²) in [7, 11) is 0. The molecule has 0 radical (unpaired) electrons. The van der Waals surface area contributed by atoms with Gasteiger partial charge in [0.2, 0.25) is 5.95 Å². The molecule has 6 aromatic carbocycles. The molecule has 0 aliphatic heterocycles. The Bertz CT molecular complexity index is 2790. The number of benzene rings is 6. The molecule has 0 bridgehead atoms. The molecule has 232 valence electrons. The molecule has 49 heavy (non-hydrogen) atoms. The SMILES string of the molecule is CC1(C)C=Cc2c(-c3cccc(-c4cccc5ccccc45)c3)nc(-n3c4ccccc4c4ccc5c(ccn5-c5ccccc5)c43)nc21. The summed E-state index contributed by atoms with van der Waals surface area (Å²) in [5.74, 6) is 0.687. The van der Waals surface area contributed by atoms with Gasteiger partial charge < -0.3 is 4.57 Å². The van der Waals surface area contributed by atoms with Gasteiger partial charge in [-0.05, 0) is 58.3 Å². The van der Waals surface area contributed by atoms with E-state index in [2.05, 4.69) is 181 Å². The molecule has 0 amide bonds. The molecule has 0 spiro atoms. The zero-order valence-corrected chi connectivity index (χ0v) is 27.3. The zero-order chi connectivity index (χ0) is 32.7. The summed E-state index contributed by atoms with van der Waals surface area (Å²) in [5, 5.41) is 6.02. The number of hydrogen-bond donors (Lipinski definition) is 0. The van der Waals surface area contributed by atoms with Crippen molar-refractivity contribution in [1.82, 2.24) is 19.1 Å². The van der Waals surface area contributed by atoms with Crippen molar-refractivity contribution < 1.29 is 0 Å². The highest BCUT2D eigenvalue weighted by Crippen LogP contribution is 2.42. The lowest BCUT2D eigenvalue weighted by atomic mass is 9.90. The second-order valence-corrected chi connectivity index (χ2v) is 13.6. The van der Waals surface area contributed by atoms with Crippen LogP contribution in [0.25, 0.3) is 83.6 Å².